The summed E-state index contributed by atoms with van der Waals surface area (Å²) < 4.78 is 17.9. The van der Waals surface area contributed by atoms with E-state index in [-0.39, 0.29) is 5.75 Å². The van der Waals surface area contributed by atoms with E-state index in [9.17, 15) is 14.4 Å². The fourth-order valence-electron chi connectivity index (χ4n) is 5.34. The molecule has 6 aromatic carbocycles. The highest BCUT2D eigenvalue weighted by atomic mass is 31.2. The number of hydrogen-bond donors (Lipinski definition) is 2. The summed E-state index contributed by atoms with van der Waals surface area (Å²) >= 11 is 0. The van der Waals surface area contributed by atoms with Gasteiger partial charge in [0.15, 0.2) is 0 Å². The summed E-state index contributed by atoms with van der Waals surface area (Å²) in [6.07, 6.45) is 1.20. The van der Waals surface area contributed by atoms with Gasteiger partial charge in [0.2, 0.25) is 0 Å². The van der Waals surface area contributed by atoms with Crippen LogP contribution in [-0.4, -0.2) is 9.79 Å². The molecule has 0 aliphatic carbocycles. The van der Waals surface area contributed by atoms with E-state index in [2.05, 4.69) is 36.4 Å². The number of fused-ring (bicyclic) bond motifs is 2. The first-order valence-corrected chi connectivity index (χ1v) is 14.4. The maximum atomic E-state index is 12.4. The summed E-state index contributed by atoms with van der Waals surface area (Å²) in [4.78, 5) is 20.1. The Kier molecular flexibility index (Phi) is 6.76. The monoisotopic (exact) mass is 530 g/mol. The van der Waals surface area contributed by atoms with Crippen molar-refractivity contribution in [3.8, 4) is 16.9 Å². The van der Waals surface area contributed by atoms with E-state index in [1.54, 1.807) is 0 Å². The van der Waals surface area contributed by atoms with E-state index >= 15 is 0 Å². The molecule has 0 aromatic heterocycles. The molecule has 0 heterocycles. The van der Waals surface area contributed by atoms with Crippen molar-refractivity contribution in [2.75, 3.05) is 0 Å². The summed E-state index contributed by atoms with van der Waals surface area (Å²) in [7, 11) is -4.87. The highest BCUT2D eigenvalue weighted by molar-refractivity contribution is 7.46. The quantitative estimate of drug-likeness (QED) is 0.204. The van der Waals surface area contributed by atoms with Gasteiger partial charge in [-0.3, -0.25) is 9.79 Å². The predicted molar refractivity (Wildman–Crippen MR) is 158 cm³/mol. The van der Waals surface area contributed by atoms with Gasteiger partial charge in [0.1, 0.15) is 5.75 Å². The van der Waals surface area contributed by atoms with Crippen LogP contribution in [-0.2, 0) is 17.4 Å². The largest absolute Gasteiger partial charge is 0.524 e. The Bertz CT molecular complexity index is 1830. The van der Waals surface area contributed by atoms with Crippen molar-refractivity contribution in [2.45, 2.75) is 12.8 Å². The van der Waals surface area contributed by atoms with Crippen molar-refractivity contribution in [3.05, 3.63) is 150 Å². The zero-order chi connectivity index (χ0) is 26.8. The Hall–Kier alpha value is -4.21. The molecule has 0 fully saturated rings. The maximum absolute atomic E-state index is 12.4. The van der Waals surface area contributed by atoms with Gasteiger partial charge in [-0.15, -0.1) is 0 Å². The van der Waals surface area contributed by atoms with Gasteiger partial charge in [-0.1, -0.05) is 121 Å². The van der Waals surface area contributed by atoms with Gasteiger partial charge in [0.05, 0.1) is 0 Å². The highest BCUT2D eigenvalue weighted by Gasteiger charge is 2.25. The van der Waals surface area contributed by atoms with Crippen LogP contribution >= 0.6 is 7.82 Å². The normalized spacial score (nSPS) is 11.6. The van der Waals surface area contributed by atoms with Crippen molar-refractivity contribution in [1.82, 2.24) is 0 Å². The summed E-state index contributed by atoms with van der Waals surface area (Å²) in [6.45, 7) is 0. The summed E-state index contributed by atoms with van der Waals surface area (Å²) in [6, 6.07) is 42.5. The van der Waals surface area contributed by atoms with Crippen LogP contribution in [0.25, 0.3) is 32.7 Å². The standard InChI is InChI=1S/C34H27O4P/c35-39(36,37)38-34-29(20-25-13-5-2-6-14-25)23-28-16-8-10-18-31(28)33(34)32-22-26(19-24-11-3-1-4-12-24)21-27-15-7-9-17-30(27)32/h1-18,21-23H,19-20H2,(H2,35,36,37). The molecular weight excluding hydrogens is 503 g/mol. The summed E-state index contributed by atoms with van der Waals surface area (Å²) in [5.41, 5.74) is 5.61. The molecule has 6 aromatic rings. The third kappa shape index (κ3) is 5.50. The fourth-order valence-corrected chi connectivity index (χ4v) is 5.78. The molecule has 2 N–H and O–H groups in total. The lowest BCUT2D eigenvalue weighted by atomic mass is 9.88. The molecule has 0 atom stereocenters. The number of phosphoric acid groups is 1. The van der Waals surface area contributed by atoms with E-state index in [4.69, 9.17) is 4.52 Å². The molecule has 0 amide bonds. The van der Waals surface area contributed by atoms with Crippen molar-refractivity contribution in [2.24, 2.45) is 0 Å². The van der Waals surface area contributed by atoms with Gasteiger partial charge >= 0.3 is 7.82 Å². The minimum absolute atomic E-state index is 0.216. The summed E-state index contributed by atoms with van der Waals surface area (Å²) in [5.74, 6) is 0.216. The van der Waals surface area contributed by atoms with Gasteiger partial charge in [0.25, 0.3) is 0 Å². The predicted octanol–water partition coefficient (Wildman–Crippen LogP) is 8.31. The van der Waals surface area contributed by atoms with Gasteiger partial charge < -0.3 is 4.52 Å². The van der Waals surface area contributed by atoms with Gasteiger partial charge in [-0.25, -0.2) is 4.57 Å². The first-order chi connectivity index (χ1) is 18.9. The molecule has 0 aliphatic rings. The molecule has 0 aliphatic heterocycles. The minimum Gasteiger partial charge on any atom is -0.403 e. The lowest BCUT2D eigenvalue weighted by Gasteiger charge is -2.21. The molecule has 4 nitrogen and oxygen atoms in total. The molecule has 0 radical (unpaired) electrons. The van der Waals surface area contributed by atoms with Crippen molar-refractivity contribution < 1.29 is 18.9 Å². The number of rotatable bonds is 7. The Morgan fingerprint density at radius 2 is 1.10 bits per heavy atom. The molecule has 5 heteroatoms. The minimum atomic E-state index is -4.87. The van der Waals surface area contributed by atoms with E-state index in [1.807, 2.05) is 91.0 Å². The molecule has 192 valence electrons. The Morgan fingerprint density at radius 1 is 0.564 bits per heavy atom. The smallest absolute Gasteiger partial charge is 0.403 e. The second-order valence-corrected chi connectivity index (χ2v) is 10.9. The molecule has 0 unspecified atom stereocenters. The second-order valence-electron chi connectivity index (χ2n) is 9.73. The highest BCUT2D eigenvalue weighted by Crippen LogP contribution is 2.49. The average Bonchev–Trinajstić information content (AvgIpc) is 2.93. The van der Waals surface area contributed by atoms with Gasteiger partial charge in [0, 0.05) is 17.5 Å². The van der Waals surface area contributed by atoms with E-state index in [0.29, 0.717) is 12.0 Å². The molecule has 0 bridgehead atoms. The van der Waals surface area contributed by atoms with Crippen molar-refractivity contribution >= 4 is 29.4 Å². The van der Waals surface area contributed by atoms with E-state index in [1.165, 1.54) is 5.56 Å². The third-order valence-corrected chi connectivity index (χ3v) is 7.39. The summed E-state index contributed by atoms with van der Waals surface area (Å²) in [5, 5.41) is 3.90. The van der Waals surface area contributed by atoms with Crippen LogP contribution in [0.5, 0.6) is 5.75 Å². The zero-order valence-electron chi connectivity index (χ0n) is 21.2. The van der Waals surface area contributed by atoms with Crippen molar-refractivity contribution in [1.29, 1.82) is 0 Å². The fraction of sp³-hybridized carbons (Fsp3) is 0.0588. The van der Waals surface area contributed by atoms with E-state index in [0.717, 1.165) is 50.2 Å². The molecule has 0 spiro atoms. The van der Waals surface area contributed by atoms with Gasteiger partial charge in [-0.05, 0) is 56.3 Å². The maximum Gasteiger partial charge on any atom is 0.524 e. The average molecular weight is 531 g/mol. The Labute approximate surface area is 227 Å². The molecule has 0 saturated heterocycles. The van der Waals surface area contributed by atoms with Crippen LogP contribution in [0, 0.1) is 0 Å². The molecule has 0 saturated carbocycles. The van der Waals surface area contributed by atoms with Crippen LogP contribution in [0.3, 0.4) is 0 Å². The van der Waals surface area contributed by atoms with Gasteiger partial charge in [-0.2, -0.15) is 0 Å². The third-order valence-electron chi connectivity index (χ3n) is 6.97. The lowest BCUT2D eigenvalue weighted by molar-refractivity contribution is 0.283. The van der Waals surface area contributed by atoms with Crippen LogP contribution in [0.15, 0.2) is 127 Å². The lowest BCUT2D eigenvalue weighted by Crippen LogP contribution is -2.01. The number of hydrogen-bond acceptors (Lipinski definition) is 2. The zero-order valence-corrected chi connectivity index (χ0v) is 22.1. The molecule has 6 rings (SSSR count). The SMILES string of the molecule is O=P(O)(O)Oc1c(Cc2ccccc2)cc2ccccc2c1-c1cc(Cc2ccccc2)cc2ccccc12. The van der Waals surface area contributed by atoms with E-state index < -0.39 is 7.82 Å². The number of benzene rings is 6. The Morgan fingerprint density at radius 3 is 1.74 bits per heavy atom. The van der Waals surface area contributed by atoms with Crippen LogP contribution in [0.1, 0.15) is 22.3 Å². The second kappa shape index (κ2) is 10.5. The molecular formula is C34H27O4P. The Balaban J connectivity index is 1.66. The molecule has 39 heavy (non-hydrogen) atoms. The van der Waals surface area contributed by atoms with Crippen molar-refractivity contribution in [3.63, 3.8) is 0 Å². The topological polar surface area (TPSA) is 66.8 Å². The van der Waals surface area contributed by atoms with Crippen LogP contribution in [0.4, 0.5) is 0 Å². The first kappa shape index (κ1) is 25.1. The number of phosphoric ester groups is 1. The van der Waals surface area contributed by atoms with Crippen LogP contribution < -0.4 is 4.52 Å². The first-order valence-electron chi connectivity index (χ1n) is 12.8. The van der Waals surface area contributed by atoms with Crippen LogP contribution in [0.2, 0.25) is 0 Å².